The predicted molar refractivity (Wildman–Crippen MR) is 116 cm³/mol. The number of benzene rings is 2. The van der Waals surface area contributed by atoms with Gasteiger partial charge >= 0.3 is 0 Å². The molecule has 0 aliphatic heterocycles. The Kier molecular flexibility index (Phi) is 7.00. The molecule has 0 bridgehead atoms. The third kappa shape index (κ3) is 5.35. The highest BCUT2D eigenvalue weighted by Crippen LogP contribution is 2.27. The minimum Gasteiger partial charge on any atom is -0.493 e. The third-order valence-corrected chi connectivity index (χ3v) is 4.39. The molecule has 0 spiro atoms. The van der Waals surface area contributed by atoms with Gasteiger partial charge in [-0.2, -0.15) is 5.10 Å². The molecule has 1 N–H and O–H groups in total. The number of nitrogens with zero attached hydrogens (tertiary/aromatic N) is 2. The first kappa shape index (κ1) is 20.9. The molecule has 30 heavy (non-hydrogen) atoms. The Bertz CT molecular complexity index is 1090. The summed E-state index contributed by atoms with van der Waals surface area (Å²) in [6.45, 7) is 0.551. The van der Waals surface area contributed by atoms with Crippen LogP contribution in [-0.2, 0) is 11.3 Å². The zero-order valence-corrected chi connectivity index (χ0v) is 16.9. The van der Waals surface area contributed by atoms with Crippen LogP contribution in [-0.4, -0.2) is 36.5 Å². The van der Waals surface area contributed by atoms with Gasteiger partial charge in [0.05, 0.1) is 26.5 Å². The molecule has 1 amide bonds. The first-order chi connectivity index (χ1) is 14.6. The molecule has 2 aromatic carbocycles. The Balaban J connectivity index is 1.58. The summed E-state index contributed by atoms with van der Waals surface area (Å²) >= 11 is 0. The highest BCUT2D eigenvalue weighted by atomic mass is 16.5. The molecule has 0 saturated carbocycles. The second kappa shape index (κ2) is 10.1. The molecule has 1 aromatic heterocycles. The molecule has 0 aliphatic rings. The van der Waals surface area contributed by atoms with Crippen LogP contribution in [0.3, 0.4) is 0 Å². The summed E-state index contributed by atoms with van der Waals surface area (Å²) in [5.74, 6) is 0.940. The van der Waals surface area contributed by atoms with Gasteiger partial charge in [-0.1, -0.05) is 36.4 Å². The SMILES string of the molecule is COc1ccc(/C=C/C(=O)NCCn2nc(-c3ccccc3)ccc2=O)cc1OC. The number of carbonyl (C=O) groups excluding carboxylic acids is 1. The lowest BCUT2D eigenvalue weighted by molar-refractivity contribution is -0.116. The van der Waals surface area contributed by atoms with Crippen LogP contribution in [0.25, 0.3) is 17.3 Å². The number of aromatic nitrogens is 2. The Labute approximate surface area is 174 Å². The number of hydrogen-bond acceptors (Lipinski definition) is 5. The molecule has 7 heteroatoms. The fraction of sp³-hybridized carbons (Fsp3) is 0.174. The normalized spacial score (nSPS) is 10.7. The van der Waals surface area contributed by atoms with Crippen molar-refractivity contribution in [1.82, 2.24) is 15.1 Å². The Hall–Kier alpha value is -3.87. The van der Waals surface area contributed by atoms with Crippen LogP contribution in [0.4, 0.5) is 0 Å². The van der Waals surface area contributed by atoms with Gasteiger partial charge in [0.2, 0.25) is 5.91 Å². The van der Waals surface area contributed by atoms with Crippen LogP contribution in [0.15, 0.2) is 71.5 Å². The summed E-state index contributed by atoms with van der Waals surface area (Å²) in [6, 6.07) is 18.2. The number of rotatable bonds is 8. The standard InChI is InChI=1S/C23H23N3O4/c1-29-20-11-8-17(16-21(20)30-2)9-12-22(27)24-14-15-26-23(28)13-10-19(25-26)18-6-4-3-5-7-18/h3-13,16H,14-15H2,1-2H3,(H,24,27)/b12-9+. The summed E-state index contributed by atoms with van der Waals surface area (Å²) in [7, 11) is 3.12. The quantitative estimate of drug-likeness (QED) is 0.583. The minimum absolute atomic E-state index is 0.218. The van der Waals surface area contributed by atoms with Gasteiger partial charge in [0, 0.05) is 24.3 Å². The Morgan fingerprint density at radius 3 is 2.53 bits per heavy atom. The smallest absolute Gasteiger partial charge is 0.266 e. The molecule has 3 aromatic rings. The van der Waals surface area contributed by atoms with Gasteiger partial charge in [-0.15, -0.1) is 0 Å². The van der Waals surface area contributed by atoms with E-state index in [0.717, 1.165) is 11.1 Å². The Morgan fingerprint density at radius 1 is 1.03 bits per heavy atom. The zero-order valence-electron chi connectivity index (χ0n) is 16.9. The van der Waals surface area contributed by atoms with Gasteiger partial charge in [-0.25, -0.2) is 4.68 Å². The third-order valence-electron chi connectivity index (χ3n) is 4.39. The summed E-state index contributed by atoms with van der Waals surface area (Å²) in [5.41, 5.74) is 2.21. The molecule has 3 rings (SSSR count). The van der Waals surface area contributed by atoms with E-state index in [0.29, 0.717) is 17.2 Å². The largest absolute Gasteiger partial charge is 0.493 e. The van der Waals surface area contributed by atoms with Crippen molar-refractivity contribution < 1.29 is 14.3 Å². The van der Waals surface area contributed by atoms with Crippen LogP contribution >= 0.6 is 0 Å². The van der Waals surface area contributed by atoms with E-state index in [1.54, 1.807) is 38.5 Å². The summed E-state index contributed by atoms with van der Waals surface area (Å²) in [5, 5.41) is 7.14. The number of ether oxygens (including phenoxy) is 2. The highest BCUT2D eigenvalue weighted by Gasteiger charge is 2.05. The minimum atomic E-state index is -0.267. The van der Waals surface area contributed by atoms with Crippen LogP contribution < -0.4 is 20.3 Å². The first-order valence-electron chi connectivity index (χ1n) is 9.42. The molecule has 0 aliphatic carbocycles. The molecule has 0 saturated heterocycles. The lowest BCUT2D eigenvalue weighted by Crippen LogP contribution is -2.31. The van der Waals surface area contributed by atoms with E-state index >= 15 is 0 Å². The van der Waals surface area contributed by atoms with E-state index in [9.17, 15) is 9.59 Å². The average molecular weight is 405 g/mol. The second-order valence-electron chi connectivity index (χ2n) is 6.38. The van der Waals surface area contributed by atoms with Crippen LogP contribution in [0, 0.1) is 0 Å². The molecule has 0 radical (unpaired) electrons. The average Bonchev–Trinajstić information content (AvgIpc) is 2.79. The van der Waals surface area contributed by atoms with Crippen molar-refractivity contribution in [2.45, 2.75) is 6.54 Å². The second-order valence-corrected chi connectivity index (χ2v) is 6.38. The van der Waals surface area contributed by atoms with E-state index in [-0.39, 0.29) is 24.6 Å². The molecule has 7 nitrogen and oxygen atoms in total. The van der Waals surface area contributed by atoms with E-state index in [1.807, 2.05) is 36.4 Å². The van der Waals surface area contributed by atoms with Crippen LogP contribution in [0.2, 0.25) is 0 Å². The fourth-order valence-corrected chi connectivity index (χ4v) is 2.84. The van der Waals surface area contributed by atoms with Gasteiger partial charge in [0.1, 0.15) is 0 Å². The van der Waals surface area contributed by atoms with Crippen molar-refractivity contribution in [3.8, 4) is 22.8 Å². The topological polar surface area (TPSA) is 82.5 Å². The zero-order chi connectivity index (χ0) is 21.3. The molecule has 0 atom stereocenters. The predicted octanol–water partition coefficient (Wildman–Crippen LogP) is 2.76. The van der Waals surface area contributed by atoms with Crippen LogP contribution in [0.5, 0.6) is 11.5 Å². The summed E-state index contributed by atoms with van der Waals surface area (Å²) in [4.78, 5) is 24.1. The highest BCUT2D eigenvalue weighted by molar-refractivity contribution is 5.91. The van der Waals surface area contributed by atoms with E-state index in [2.05, 4.69) is 10.4 Å². The van der Waals surface area contributed by atoms with Gasteiger partial charge in [0.15, 0.2) is 11.5 Å². The first-order valence-corrected chi connectivity index (χ1v) is 9.42. The van der Waals surface area contributed by atoms with Crippen molar-refractivity contribution in [2.75, 3.05) is 20.8 Å². The van der Waals surface area contributed by atoms with E-state index < -0.39 is 0 Å². The van der Waals surface area contributed by atoms with Crippen molar-refractivity contribution >= 4 is 12.0 Å². The van der Waals surface area contributed by atoms with Crippen molar-refractivity contribution in [1.29, 1.82) is 0 Å². The van der Waals surface area contributed by atoms with E-state index in [4.69, 9.17) is 9.47 Å². The molecular formula is C23H23N3O4. The number of nitrogens with one attached hydrogen (secondary N) is 1. The maximum Gasteiger partial charge on any atom is 0.266 e. The maximum absolute atomic E-state index is 12.1. The van der Waals surface area contributed by atoms with Crippen molar-refractivity contribution in [2.24, 2.45) is 0 Å². The Morgan fingerprint density at radius 2 is 1.80 bits per heavy atom. The number of methoxy groups -OCH3 is 2. The molecule has 154 valence electrons. The van der Waals surface area contributed by atoms with E-state index in [1.165, 1.54) is 16.8 Å². The molecule has 0 unspecified atom stereocenters. The number of amides is 1. The van der Waals surface area contributed by atoms with Crippen molar-refractivity contribution in [3.05, 3.63) is 82.7 Å². The number of hydrogen-bond donors (Lipinski definition) is 1. The van der Waals surface area contributed by atoms with Gasteiger partial charge < -0.3 is 14.8 Å². The maximum atomic E-state index is 12.1. The monoisotopic (exact) mass is 405 g/mol. The molecule has 0 fully saturated rings. The lowest BCUT2D eigenvalue weighted by atomic mass is 10.1. The lowest BCUT2D eigenvalue weighted by Gasteiger charge is -2.08. The van der Waals surface area contributed by atoms with Crippen molar-refractivity contribution in [3.63, 3.8) is 0 Å². The molecule has 1 heterocycles. The van der Waals surface area contributed by atoms with Gasteiger partial charge in [-0.3, -0.25) is 9.59 Å². The fourth-order valence-electron chi connectivity index (χ4n) is 2.84. The van der Waals surface area contributed by atoms with Gasteiger partial charge in [0.25, 0.3) is 5.56 Å². The number of carbonyl (C=O) groups is 1. The van der Waals surface area contributed by atoms with Gasteiger partial charge in [-0.05, 0) is 29.8 Å². The molecular weight excluding hydrogens is 382 g/mol. The van der Waals surface area contributed by atoms with Crippen LogP contribution in [0.1, 0.15) is 5.56 Å². The summed E-state index contributed by atoms with van der Waals surface area (Å²) in [6.07, 6.45) is 3.11. The summed E-state index contributed by atoms with van der Waals surface area (Å²) < 4.78 is 11.8.